The van der Waals surface area contributed by atoms with Crippen LogP contribution in [0.1, 0.15) is 24.2 Å². The van der Waals surface area contributed by atoms with Crippen molar-refractivity contribution in [2.45, 2.75) is 18.7 Å². The lowest BCUT2D eigenvalue weighted by Gasteiger charge is -2.34. The predicted octanol–water partition coefficient (Wildman–Crippen LogP) is 2.55. The van der Waals surface area contributed by atoms with Gasteiger partial charge in [-0.2, -0.15) is 4.31 Å². The Morgan fingerprint density at radius 2 is 1.65 bits per heavy atom. The molecule has 168 valence electrons. The Morgan fingerprint density at radius 1 is 0.968 bits per heavy atom. The lowest BCUT2D eigenvalue weighted by atomic mass is 10.2. The van der Waals surface area contributed by atoms with Crippen LogP contribution in [-0.4, -0.2) is 80.9 Å². The van der Waals surface area contributed by atoms with E-state index in [1.165, 1.54) is 10.4 Å². The molecule has 1 amide bonds. The summed E-state index contributed by atoms with van der Waals surface area (Å²) in [6.07, 6.45) is 0. The molecule has 7 nitrogen and oxygen atoms in total. The van der Waals surface area contributed by atoms with Crippen LogP contribution in [0.4, 0.5) is 0 Å². The smallest absolute Gasteiger partial charge is 0.253 e. The highest BCUT2D eigenvalue weighted by molar-refractivity contribution is 7.89. The quantitative estimate of drug-likeness (QED) is 0.593. The van der Waals surface area contributed by atoms with Gasteiger partial charge in [0.05, 0.1) is 4.90 Å². The second-order valence-electron chi connectivity index (χ2n) is 7.41. The van der Waals surface area contributed by atoms with Crippen LogP contribution in [0.15, 0.2) is 59.5 Å². The van der Waals surface area contributed by atoms with Gasteiger partial charge in [-0.1, -0.05) is 38.1 Å². The first-order chi connectivity index (χ1) is 15.0. The largest absolute Gasteiger partial charge is 0.492 e. The number of hydrogen-bond donors (Lipinski definition) is 0. The number of sulfonamides is 1. The normalized spacial score (nSPS) is 15.3. The molecule has 0 bridgehead atoms. The number of ether oxygens (including phenoxy) is 1. The van der Waals surface area contributed by atoms with Crippen molar-refractivity contribution >= 4 is 15.9 Å². The van der Waals surface area contributed by atoms with Crippen LogP contribution in [0.2, 0.25) is 0 Å². The molecule has 0 N–H and O–H groups in total. The zero-order valence-corrected chi connectivity index (χ0v) is 19.1. The van der Waals surface area contributed by atoms with Crippen molar-refractivity contribution in [1.82, 2.24) is 14.1 Å². The number of rotatable bonds is 9. The number of para-hydroxylation sites is 1. The van der Waals surface area contributed by atoms with Gasteiger partial charge in [-0.05, 0) is 30.3 Å². The van der Waals surface area contributed by atoms with Crippen LogP contribution in [0.25, 0.3) is 0 Å². The summed E-state index contributed by atoms with van der Waals surface area (Å²) in [4.78, 5) is 17.2. The molecule has 8 heteroatoms. The molecule has 1 heterocycles. The Balaban J connectivity index is 1.55. The van der Waals surface area contributed by atoms with Crippen molar-refractivity contribution in [2.24, 2.45) is 0 Å². The Hall–Kier alpha value is -2.42. The Morgan fingerprint density at radius 3 is 2.29 bits per heavy atom. The van der Waals surface area contributed by atoms with Crippen molar-refractivity contribution in [3.8, 4) is 5.75 Å². The lowest BCUT2D eigenvalue weighted by molar-refractivity contribution is 0.0620. The Kier molecular flexibility index (Phi) is 8.06. The van der Waals surface area contributed by atoms with Crippen LogP contribution in [0.5, 0.6) is 5.75 Å². The highest BCUT2D eigenvalue weighted by Crippen LogP contribution is 2.18. The van der Waals surface area contributed by atoms with Crippen molar-refractivity contribution in [1.29, 1.82) is 0 Å². The number of nitrogens with zero attached hydrogens (tertiary/aromatic N) is 3. The molecule has 0 radical (unpaired) electrons. The minimum Gasteiger partial charge on any atom is -0.492 e. The number of carbonyl (C=O) groups excluding carboxylic acids is 1. The molecule has 2 aromatic carbocycles. The molecule has 0 saturated carbocycles. The van der Waals surface area contributed by atoms with E-state index in [0.29, 0.717) is 38.3 Å². The molecule has 1 fully saturated rings. The minimum absolute atomic E-state index is 0.128. The topological polar surface area (TPSA) is 70.2 Å². The summed E-state index contributed by atoms with van der Waals surface area (Å²) in [6, 6.07) is 16.1. The molecule has 1 aliphatic rings. The van der Waals surface area contributed by atoms with Gasteiger partial charge in [0.2, 0.25) is 10.0 Å². The highest BCUT2D eigenvalue weighted by atomic mass is 32.2. The summed E-state index contributed by atoms with van der Waals surface area (Å²) < 4.78 is 32.7. The molecule has 0 atom stereocenters. The van der Waals surface area contributed by atoms with Crippen LogP contribution in [0.3, 0.4) is 0 Å². The molecule has 1 saturated heterocycles. The molecule has 0 spiro atoms. The van der Waals surface area contributed by atoms with Gasteiger partial charge in [0.1, 0.15) is 12.4 Å². The zero-order valence-electron chi connectivity index (χ0n) is 18.2. The predicted molar refractivity (Wildman–Crippen MR) is 121 cm³/mol. The SMILES string of the molecule is CCN(CC)S(=O)(=O)c1cccc(C(=O)N2CCN(CCOc3ccccc3)CC2)c1. The third kappa shape index (κ3) is 5.84. The maximum Gasteiger partial charge on any atom is 0.253 e. The van der Waals surface area contributed by atoms with Gasteiger partial charge < -0.3 is 9.64 Å². The Labute approximate surface area is 185 Å². The maximum atomic E-state index is 13.0. The fourth-order valence-electron chi connectivity index (χ4n) is 3.67. The van der Waals surface area contributed by atoms with Crippen molar-refractivity contribution in [3.05, 3.63) is 60.2 Å². The Bertz CT molecular complexity index is 954. The molecule has 2 aromatic rings. The third-order valence-corrected chi connectivity index (χ3v) is 7.55. The van der Waals surface area contributed by atoms with E-state index in [-0.39, 0.29) is 10.8 Å². The monoisotopic (exact) mass is 445 g/mol. The number of benzene rings is 2. The highest BCUT2D eigenvalue weighted by Gasteiger charge is 2.25. The molecular weight excluding hydrogens is 414 g/mol. The van der Waals surface area contributed by atoms with Crippen molar-refractivity contribution in [2.75, 3.05) is 52.4 Å². The molecule has 0 aliphatic carbocycles. The first-order valence-electron chi connectivity index (χ1n) is 10.8. The summed E-state index contributed by atoms with van der Waals surface area (Å²) in [5.74, 6) is 0.729. The summed E-state index contributed by atoms with van der Waals surface area (Å²) in [7, 11) is -3.59. The summed E-state index contributed by atoms with van der Waals surface area (Å²) in [5, 5.41) is 0. The van der Waals surface area contributed by atoms with E-state index >= 15 is 0 Å². The number of piperazine rings is 1. The van der Waals surface area contributed by atoms with E-state index in [9.17, 15) is 13.2 Å². The average molecular weight is 446 g/mol. The summed E-state index contributed by atoms with van der Waals surface area (Å²) in [6.45, 7) is 8.55. The van der Waals surface area contributed by atoms with Gasteiger partial charge >= 0.3 is 0 Å². The van der Waals surface area contributed by atoms with Gasteiger partial charge in [-0.3, -0.25) is 9.69 Å². The average Bonchev–Trinajstić information content (AvgIpc) is 2.80. The van der Waals surface area contributed by atoms with Gasteiger partial charge in [0.15, 0.2) is 0 Å². The van der Waals surface area contributed by atoms with E-state index < -0.39 is 10.0 Å². The van der Waals surface area contributed by atoms with E-state index in [4.69, 9.17) is 4.74 Å². The lowest BCUT2D eigenvalue weighted by Crippen LogP contribution is -2.49. The van der Waals surface area contributed by atoms with Gasteiger partial charge in [0.25, 0.3) is 5.91 Å². The fourth-order valence-corrected chi connectivity index (χ4v) is 5.17. The van der Waals surface area contributed by atoms with Crippen LogP contribution in [0, 0.1) is 0 Å². The molecule has 31 heavy (non-hydrogen) atoms. The standard InChI is InChI=1S/C23H31N3O4S/c1-3-26(4-2)31(28,29)22-12-8-9-20(19-22)23(27)25-15-13-24(14-16-25)17-18-30-21-10-6-5-7-11-21/h5-12,19H,3-4,13-18H2,1-2H3. The fraction of sp³-hybridized carbons (Fsp3) is 0.435. The first-order valence-corrected chi connectivity index (χ1v) is 12.2. The van der Waals surface area contributed by atoms with Crippen LogP contribution < -0.4 is 4.74 Å². The van der Waals surface area contributed by atoms with E-state index in [2.05, 4.69) is 4.90 Å². The molecule has 1 aliphatic heterocycles. The third-order valence-electron chi connectivity index (χ3n) is 5.50. The maximum absolute atomic E-state index is 13.0. The minimum atomic E-state index is -3.59. The molecule has 0 unspecified atom stereocenters. The molecular formula is C23H31N3O4S. The molecule has 0 aromatic heterocycles. The van der Waals surface area contributed by atoms with Gasteiger partial charge in [-0.15, -0.1) is 0 Å². The van der Waals surface area contributed by atoms with Crippen LogP contribution in [-0.2, 0) is 10.0 Å². The zero-order chi connectivity index (χ0) is 22.3. The van der Waals surface area contributed by atoms with E-state index in [1.54, 1.807) is 36.9 Å². The number of carbonyl (C=O) groups is 1. The second-order valence-corrected chi connectivity index (χ2v) is 9.35. The second kappa shape index (κ2) is 10.7. The van der Waals surface area contributed by atoms with E-state index in [0.717, 1.165) is 25.4 Å². The van der Waals surface area contributed by atoms with Gasteiger partial charge in [-0.25, -0.2) is 8.42 Å². The number of hydrogen-bond acceptors (Lipinski definition) is 5. The van der Waals surface area contributed by atoms with Crippen molar-refractivity contribution in [3.63, 3.8) is 0 Å². The van der Waals surface area contributed by atoms with Crippen LogP contribution >= 0.6 is 0 Å². The summed E-state index contributed by atoms with van der Waals surface area (Å²) >= 11 is 0. The van der Waals surface area contributed by atoms with Crippen molar-refractivity contribution < 1.29 is 17.9 Å². The molecule has 3 rings (SSSR count). The number of amides is 1. The summed E-state index contributed by atoms with van der Waals surface area (Å²) in [5.41, 5.74) is 0.411. The first kappa shape index (κ1) is 23.2. The van der Waals surface area contributed by atoms with E-state index in [1.807, 2.05) is 30.3 Å². The van der Waals surface area contributed by atoms with Gasteiger partial charge in [0, 0.05) is 51.4 Å².